The van der Waals surface area contributed by atoms with E-state index in [1.165, 1.54) is 0 Å². The second kappa shape index (κ2) is 7.11. The minimum atomic E-state index is -0.142. The number of likely N-dealkylation sites (N-methyl/N-ethyl adjacent to an activating group) is 1. The van der Waals surface area contributed by atoms with Crippen LogP contribution >= 0.6 is 0 Å². The number of amides is 1. The molecule has 100 valence electrons. The summed E-state index contributed by atoms with van der Waals surface area (Å²) in [6.45, 7) is 6.86. The van der Waals surface area contributed by atoms with E-state index in [-0.39, 0.29) is 11.9 Å². The third-order valence-electron chi connectivity index (χ3n) is 2.80. The Balaban J connectivity index is 2.55. The molecule has 4 nitrogen and oxygen atoms in total. The van der Waals surface area contributed by atoms with Gasteiger partial charge in [-0.1, -0.05) is 19.9 Å². The largest absolute Gasteiger partial charge is 0.358 e. The highest BCUT2D eigenvalue weighted by molar-refractivity contribution is 5.81. The van der Waals surface area contributed by atoms with Crippen LogP contribution in [-0.4, -0.2) is 24.0 Å². The second-order valence-corrected chi connectivity index (χ2v) is 4.99. The lowest BCUT2D eigenvalue weighted by molar-refractivity contribution is -0.123. The van der Waals surface area contributed by atoms with Crippen LogP contribution in [-0.2, 0) is 11.3 Å². The molecule has 4 heteroatoms. The van der Waals surface area contributed by atoms with E-state index in [9.17, 15) is 4.79 Å². The molecule has 0 aromatic carbocycles. The van der Waals surface area contributed by atoms with E-state index < -0.39 is 0 Å². The Morgan fingerprint density at radius 2 is 2.11 bits per heavy atom. The van der Waals surface area contributed by atoms with Crippen LogP contribution in [0.4, 0.5) is 0 Å². The lowest BCUT2D eigenvalue weighted by atomic mass is 10.0. The highest BCUT2D eigenvalue weighted by Crippen LogP contribution is 2.06. The molecule has 0 aliphatic heterocycles. The number of pyridine rings is 1. The molecule has 1 amide bonds. The molecule has 0 aliphatic rings. The zero-order valence-corrected chi connectivity index (χ0v) is 11.7. The smallest absolute Gasteiger partial charge is 0.236 e. The van der Waals surface area contributed by atoms with E-state index in [0.717, 1.165) is 17.7 Å². The molecule has 0 fully saturated rings. The van der Waals surface area contributed by atoms with Crippen LogP contribution in [0.2, 0.25) is 0 Å². The number of aromatic nitrogens is 1. The van der Waals surface area contributed by atoms with Crippen LogP contribution in [0.5, 0.6) is 0 Å². The quantitative estimate of drug-likeness (QED) is 0.806. The molecule has 0 aliphatic carbocycles. The number of hydrogen-bond acceptors (Lipinski definition) is 3. The first-order chi connectivity index (χ1) is 8.52. The van der Waals surface area contributed by atoms with Crippen LogP contribution in [0.15, 0.2) is 18.3 Å². The molecule has 1 heterocycles. The first-order valence-corrected chi connectivity index (χ1v) is 6.39. The first-order valence-electron chi connectivity index (χ1n) is 6.39. The van der Waals surface area contributed by atoms with Crippen molar-refractivity contribution in [2.45, 2.75) is 39.8 Å². The fraction of sp³-hybridized carbons (Fsp3) is 0.571. The summed E-state index contributed by atoms with van der Waals surface area (Å²) in [4.78, 5) is 16.0. The summed E-state index contributed by atoms with van der Waals surface area (Å²) in [5.74, 6) is 0.528. The van der Waals surface area contributed by atoms with Gasteiger partial charge in [-0.3, -0.25) is 9.78 Å². The molecule has 1 atom stereocenters. The minimum Gasteiger partial charge on any atom is -0.358 e. The van der Waals surface area contributed by atoms with Gasteiger partial charge in [-0.25, -0.2) is 0 Å². The molecular weight excluding hydrogens is 226 g/mol. The number of carbonyl (C=O) groups excluding carboxylic acids is 1. The van der Waals surface area contributed by atoms with Crippen molar-refractivity contribution in [2.75, 3.05) is 7.05 Å². The first kappa shape index (κ1) is 14.6. The Kier molecular flexibility index (Phi) is 5.78. The van der Waals surface area contributed by atoms with Gasteiger partial charge in [-0.15, -0.1) is 0 Å². The Labute approximate surface area is 109 Å². The molecule has 0 bridgehead atoms. The topological polar surface area (TPSA) is 54.0 Å². The summed E-state index contributed by atoms with van der Waals surface area (Å²) in [5.41, 5.74) is 2.10. The number of nitrogens with zero attached hydrogens (tertiary/aromatic N) is 1. The van der Waals surface area contributed by atoms with Gasteiger partial charge in [0.15, 0.2) is 0 Å². The summed E-state index contributed by atoms with van der Waals surface area (Å²) in [6, 6.07) is 3.87. The number of rotatable bonds is 6. The van der Waals surface area contributed by atoms with E-state index in [2.05, 4.69) is 29.5 Å². The molecule has 2 N–H and O–H groups in total. The fourth-order valence-corrected chi connectivity index (χ4v) is 1.77. The number of aryl methyl sites for hydroxylation is 1. The molecule has 1 aromatic heterocycles. The van der Waals surface area contributed by atoms with E-state index >= 15 is 0 Å². The molecule has 0 saturated carbocycles. The van der Waals surface area contributed by atoms with Crippen molar-refractivity contribution in [1.29, 1.82) is 0 Å². The molecule has 1 unspecified atom stereocenters. The standard InChI is InChI=1S/C14H23N3O/c1-10(2)7-13(14(18)15-4)17-9-12-6-5-11(3)16-8-12/h5-6,8,10,13,17H,7,9H2,1-4H3,(H,15,18). The van der Waals surface area contributed by atoms with Crippen LogP contribution in [0.1, 0.15) is 31.5 Å². The highest BCUT2D eigenvalue weighted by Gasteiger charge is 2.17. The van der Waals surface area contributed by atoms with Crippen LogP contribution in [0, 0.1) is 12.8 Å². The SMILES string of the molecule is CNC(=O)C(CC(C)C)NCc1ccc(C)nc1. The summed E-state index contributed by atoms with van der Waals surface area (Å²) in [6.07, 6.45) is 2.68. The van der Waals surface area contributed by atoms with Gasteiger partial charge in [-0.2, -0.15) is 0 Å². The average Bonchev–Trinajstić information content (AvgIpc) is 2.35. The van der Waals surface area contributed by atoms with E-state index in [1.807, 2.05) is 25.3 Å². The summed E-state index contributed by atoms with van der Waals surface area (Å²) in [5, 5.41) is 5.98. The molecule has 0 radical (unpaired) electrons. The molecule has 18 heavy (non-hydrogen) atoms. The van der Waals surface area contributed by atoms with Crippen molar-refractivity contribution < 1.29 is 4.79 Å². The molecule has 0 spiro atoms. The van der Waals surface area contributed by atoms with Crippen LogP contribution in [0.25, 0.3) is 0 Å². The van der Waals surface area contributed by atoms with Gasteiger partial charge in [0.05, 0.1) is 6.04 Å². The molecule has 1 aromatic rings. The summed E-state index contributed by atoms with van der Waals surface area (Å²) < 4.78 is 0. The van der Waals surface area contributed by atoms with E-state index in [1.54, 1.807) is 7.05 Å². The third kappa shape index (κ3) is 4.84. The maximum atomic E-state index is 11.7. The van der Waals surface area contributed by atoms with Gasteiger partial charge < -0.3 is 10.6 Å². The Morgan fingerprint density at radius 1 is 1.39 bits per heavy atom. The lowest BCUT2D eigenvalue weighted by Gasteiger charge is -2.19. The number of nitrogens with one attached hydrogen (secondary N) is 2. The zero-order chi connectivity index (χ0) is 13.5. The number of carbonyl (C=O) groups is 1. The van der Waals surface area contributed by atoms with Gasteiger partial charge in [-0.05, 0) is 30.9 Å². The highest BCUT2D eigenvalue weighted by atomic mass is 16.2. The summed E-state index contributed by atoms with van der Waals surface area (Å²) >= 11 is 0. The fourth-order valence-electron chi connectivity index (χ4n) is 1.77. The van der Waals surface area contributed by atoms with Gasteiger partial charge in [0, 0.05) is 25.5 Å². The van der Waals surface area contributed by atoms with Gasteiger partial charge >= 0.3 is 0 Å². The van der Waals surface area contributed by atoms with Crippen molar-refractivity contribution in [3.8, 4) is 0 Å². The van der Waals surface area contributed by atoms with Crippen molar-refractivity contribution in [3.63, 3.8) is 0 Å². The zero-order valence-electron chi connectivity index (χ0n) is 11.7. The van der Waals surface area contributed by atoms with Crippen molar-refractivity contribution in [3.05, 3.63) is 29.6 Å². The lowest BCUT2D eigenvalue weighted by Crippen LogP contribution is -2.43. The van der Waals surface area contributed by atoms with Crippen LogP contribution in [0.3, 0.4) is 0 Å². The van der Waals surface area contributed by atoms with Gasteiger partial charge in [0.25, 0.3) is 0 Å². The minimum absolute atomic E-state index is 0.0452. The van der Waals surface area contributed by atoms with E-state index in [0.29, 0.717) is 12.5 Å². The van der Waals surface area contributed by atoms with Crippen LogP contribution < -0.4 is 10.6 Å². The maximum absolute atomic E-state index is 11.7. The third-order valence-corrected chi connectivity index (χ3v) is 2.80. The normalized spacial score (nSPS) is 12.5. The predicted octanol–water partition coefficient (Wildman–Crippen LogP) is 1.64. The maximum Gasteiger partial charge on any atom is 0.236 e. The van der Waals surface area contributed by atoms with Crippen molar-refractivity contribution in [1.82, 2.24) is 15.6 Å². The van der Waals surface area contributed by atoms with E-state index in [4.69, 9.17) is 0 Å². The van der Waals surface area contributed by atoms with Crippen molar-refractivity contribution >= 4 is 5.91 Å². The van der Waals surface area contributed by atoms with Crippen molar-refractivity contribution in [2.24, 2.45) is 5.92 Å². The Morgan fingerprint density at radius 3 is 2.61 bits per heavy atom. The Hall–Kier alpha value is -1.42. The van der Waals surface area contributed by atoms with Gasteiger partial charge in [0.2, 0.25) is 5.91 Å². The second-order valence-electron chi connectivity index (χ2n) is 4.99. The molecular formula is C14H23N3O. The monoisotopic (exact) mass is 249 g/mol. The van der Waals surface area contributed by atoms with Gasteiger partial charge in [0.1, 0.15) is 0 Å². The molecule has 0 saturated heterocycles. The predicted molar refractivity (Wildman–Crippen MR) is 73.1 cm³/mol. The summed E-state index contributed by atoms with van der Waals surface area (Å²) in [7, 11) is 1.67. The Bertz CT molecular complexity index is 373. The average molecular weight is 249 g/mol. The number of hydrogen-bond donors (Lipinski definition) is 2. The molecule has 1 rings (SSSR count).